The van der Waals surface area contributed by atoms with Gasteiger partial charge in [-0.25, -0.2) is 4.68 Å². The van der Waals surface area contributed by atoms with Crippen molar-refractivity contribution in [1.82, 2.24) is 14.8 Å². The second kappa shape index (κ2) is 8.78. The minimum atomic E-state index is -0.229. The summed E-state index contributed by atoms with van der Waals surface area (Å²) in [5.41, 5.74) is 2.60. The van der Waals surface area contributed by atoms with E-state index in [0.29, 0.717) is 23.7 Å². The molecule has 1 amide bonds. The quantitative estimate of drug-likeness (QED) is 0.451. The first-order chi connectivity index (χ1) is 16.2. The molecular formula is C26H24N4O3. The van der Waals surface area contributed by atoms with Gasteiger partial charge in [-0.2, -0.15) is 10.1 Å². The molecule has 2 atom stereocenters. The molecule has 0 bridgehead atoms. The maximum atomic E-state index is 13.8. The van der Waals surface area contributed by atoms with E-state index in [1.54, 1.807) is 43.4 Å². The third kappa shape index (κ3) is 3.71. The Morgan fingerprint density at radius 3 is 2.33 bits per heavy atom. The Morgan fingerprint density at radius 2 is 1.61 bits per heavy atom. The summed E-state index contributed by atoms with van der Waals surface area (Å²) in [4.78, 5) is 20.1. The van der Waals surface area contributed by atoms with Crippen molar-refractivity contribution in [2.75, 3.05) is 19.1 Å². The third-order valence-corrected chi connectivity index (χ3v) is 6.06. The van der Waals surface area contributed by atoms with Gasteiger partial charge in [0.15, 0.2) is 0 Å². The largest absolute Gasteiger partial charge is 0.497 e. The van der Waals surface area contributed by atoms with E-state index in [1.807, 2.05) is 59.3 Å². The Hall–Kier alpha value is -4.13. The smallest absolute Gasteiger partial charge is 0.261 e. The van der Waals surface area contributed by atoms with Crippen molar-refractivity contribution in [2.45, 2.75) is 18.5 Å². The van der Waals surface area contributed by atoms with E-state index < -0.39 is 0 Å². The van der Waals surface area contributed by atoms with Gasteiger partial charge >= 0.3 is 0 Å². The molecule has 7 heteroatoms. The molecular weight excluding hydrogens is 416 g/mol. The lowest BCUT2D eigenvalue weighted by Crippen LogP contribution is -2.42. The molecule has 0 unspecified atom stereocenters. The zero-order valence-electron chi connectivity index (χ0n) is 18.5. The molecule has 1 aromatic heterocycles. The third-order valence-electron chi connectivity index (χ3n) is 6.06. The molecule has 4 aromatic rings. The fourth-order valence-electron chi connectivity index (χ4n) is 4.46. The number of amides is 1. The summed E-state index contributed by atoms with van der Waals surface area (Å²) < 4.78 is 12.7. The predicted molar refractivity (Wildman–Crippen MR) is 125 cm³/mol. The Bertz CT molecular complexity index is 1250. The minimum Gasteiger partial charge on any atom is -0.497 e. The van der Waals surface area contributed by atoms with Gasteiger partial charge in [0.05, 0.1) is 26.3 Å². The number of para-hydroxylation sites is 1. The van der Waals surface area contributed by atoms with Crippen LogP contribution in [0.25, 0.3) is 0 Å². The summed E-state index contributed by atoms with van der Waals surface area (Å²) in [6, 6.07) is 24.7. The fourth-order valence-corrected chi connectivity index (χ4v) is 4.46. The van der Waals surface area contributed by atoms with Crippen molar-refractivity contribution in [3.8, 4) is 11.5 Å². The van der Waals surface area contributed by atoms with Crippen LogP contribution < -0.4 is 14.4 Å². The molecule has 0 saturated carbocycles. The first-order valence-corrected chi connectivity index (χ1v) is 10.8. The van der Waals surface area contributed by atoms with Gasteiger partial charge in [-0.15, -0.1) is 0 Å². The van der Waals surface area contributed by atoms with E-state index in [4.69, 9.17) is 9.47 Å². The number of carbonyl (C=O) groups is 1. The van der Waals surface area contributed by atoms with Crippen molar-refractivity contribution in [3.63, 3.8) is 0 Å². The van der Waals surface area contributed by atoms with Gasteiger partial charge in [-0.05, 0) is 42.3 Å². The number of ether oxygens (including phenoxy) is 2. The van der Waals surface area contributed by atoms with Crippen LogP contribution in [0.4, 0.5) is 5.95 Å². The summed E-state index contributed by atoms with van der Waals surface area (Å²) in [6.45, 7) is 0. The van der Waals surface area contributed by atoms with Crippen LogP contribution in [0.1, 0.15) is 40.0 Å². The SMILES string of the molecule is COc1ccc(C(=O)N2c3ncnn3[C@@H](c3ccccc3OC)C[C@H]2c2ccccc2)cc1. The van der Waals surface area contributed by atoms with Crippen LogP contribution in [-0.4, -0.2) is 34.9 Å². The zero-order chi connectivity index (χ0) is 22.8. The first-order valence-electron chi connectivity index (χ1n) is 10.8. The van der Waals surface area contributed by atoms with E-state index in [-0.39, 0.29) is 18.0 Å². The highest BCUT2D eigenvalue weighted by atomic mass is 16.5. The monoisotopic (exact) mass is 440 g/mol. The predicted octanol–water partition coefficient (Wildman–Crippen LogP) is 4.68. The summed E-state index contributed by atoms with van der Waals surface area (Å²) in [6.07, 6.45) is 2.13. The zero-order valence-corrected chi connectivity index (χ0v) is 18.5. The number of carbonyl (C=O) groups excluding carboxylic acids is 1. The van der Waals surface area contributed by atoms with Crippen molar-refractivity contribution in [3.05, 3.63) is 102 Å². The van der Waals surface area contributed by atoms with Crippen LogP contribution >= 0.6 is 0 Å². The standard InChI is InChI=1S/C26H24N4O3/c1-32-20-14-12-19(13-15-20)25(31)29-22(18-8-4-3-5-9-18)16-23(30-26(29)27-17-28-30)21-10-6-7-11-24(21)33-2/h3-15,17,22-23H,16H2,1-2H3/t22-,23+/m0/s1. The lowest BCUT2D eigenvalue weighted by molar-refractivity contribution is 0.0963. The Kier molecular flexibility index (Phi) is 5.52. The second-order valence-electron chi connectivity index (χ2n) is 7.83. The molecule has 2 heterocycles. The molecule has 0 N–H and O–H groups in total. The molecule has 0 aliphatic carbocycles. The number of hydrogen-bond donors (Lipinski definition) is 0. The maximum absolute atomic E-state index is 13.8. The minimum absolute atomic E-state index is 0.135. The van der Waals surface area contributed by atoms with Crippen LogP contribution in [0.3, 0.4) is 0 Å². The number of methoxy groups -OCH3 is 2. The molecule has 0 radical (unpaired) electrons. The molecule has 33 heavy (non-hydrogen) atoms. The average Bonchev–Trinajstić information content (AvgIpc) is 3.38. The van der Waals surface area contributed by atoms with Gasteiger partial charge < -0.3 is 9.47 Å². The van der Waals surface area contributed by atoms with Gasteiger partial charge in [0.2, 0.25) is 5.95 Å². The number of fused-ring (bicyclic) bond motifs is 1. The fraction of sp³-hybridized carbons (Fsp3) is 0.192. The number of aromatic nitrogens is 3. The van der Waals surface area contributed by atoms with E-state index in [1.165, 1.54) is 6.33 Å². The number of nitrogens with zero attached hydrogens (tertiary/aromatic N) is 4. The number of hydrogen-bond acceptors (Lipinski definition) is 5. The topological polar surface area (TPSA) is 69.5 Å². The molecule has 166 valence electrons. The number of rotatable bonds is 5. The highest BCUT2D eigenvalue weighted by Gasteiger charge is 2.40. The molecule has 1 aliphatic heterocycles. The summed E-state index contributed by atoms with van der Waals surface area (Å²) in [7, 11) is 3.27. The molecule has 0 saturated heterocycles. The van der Waals surface area contributed by atoms with Crippen LogP contribution in [0.5, 0.6) is 11.5 Å². The van der Waals surface area contributed by atoms with Crippen LogP contribution in [0, 0.1) is 0 Å². The lowest BCUT2D eigenvalue weighted by atomic mass is 9.91. The van der Waals surface area contributed by atoms with Crippen LogP contribution in [-0.2, 0) is 0 Å². The highest BCUT2D eigenvalue weighted by Crippen LogP contribution is 2.44. The molecule has 5 rings (SSSR count). The number of benzene rings is 3. The van der Waals surface area contributed by atoms with E-state index >= 15 is 0 Å². The van der Waals surface area contributed by atoms with Crippen molar-refractivity contribution < 1.29 is 14.3 Å². The van der Waals surface area contributed by atoms with E-state index in [2.05, 4.69) is 10.1 Å². The molecule has 1 aliphatic rings. The van der Waals surface area contributed by atoms with Gasteiger partial charge in [-0.1, -0.05) is 48.5 Å². The number of anilines is 1. The molecule has 0 spiro atoms. The molecule has 7 nitrogen and oxygen atoms in total. The lowest BCUT2D eigenvalue weighted by Gasteiger charge is -2.39. The Balaban J connectivity index is 1.64. The van der Waals surface area contributed by atoms with Crippen LogP contribution in [0.2, 0.25) is 0 Å². The van der Waals surface area contributed by atoms with Gasteiger partial charge in [0.25, 0.3) is 5.91 Å². The first kappa shape index (κ1) is 20.8. The highest BCUT2D eigenvalue weighted by molar-refractivity contribution is 6.06. The second-order valence-corrected chi connectivity index (χ2v) is 7.83. The van der Waals surface area contributed by atoms with Gasteiger partial charge in [-0.3, -0.25) is 9.69 Å². The van der Waals surface area contributed by atoms with Crippen molar-refractivity contribution in [1.29, 1.82) is 0 Å². The summed E-state index contributed by atoms with van der Waals surface area (Å²) in [5, 5.41) is 4.51. The maximum Gasteiger partial charge on any atom is 0.261 e. The molecule has 0 fully saturated rings. The Labute approximate surface area is 192 Å². The van der Waals surface area contributed by atoms with Crippen LogP contribution in [0.15, 0.2) is 85.2 Å². The van der Waals surface area contributed by atoms with Gasteiger partial charge in [0, 0.05) is 11.1 Å². The average molecular weight is 441 g/mol. The molecule has 3 aromatic carbocycles. The van der Waals surface area contributed by atoms with Gasteiger partial charge in [0.1, 0.15) is 17.8 Å². The van der Waals surface area contributed by atoms with E-state index in [0.717, 1.165) is 16.9 Å². The van der Waals surface area contributed by atoms with E-state index in [9.17, 15) is 4.79 Å². The van der Waals surface area contributed by atoms with Crippen molar-refractivity contribution in [2.24, 2.45) is 0 Å². The summed E-state index contributed by atoms with van der Waals surface area (Å²) >= 11 is 0. The van der Waals surface area contributed by atoms with Crippen molar-refractivity contribution >= 4 is 11.9 Å². The Morgan fingerprint density at radius 1 is 0.879 bits per heavy atom. The normalized spacial score (nSPS) is 17.3. The summed E-state index contributed by atoms with van der Waals surface area (Å²) in [5.74, 6) is 1.85.